The first-order valence-electron chi connectivity index (χ1n) is 3.18. The van der Waals surface area contributed by atoms with Gasteiger partial charge in [0.1, 0.15) is 5.82 Å². The molecule has 5 heteroatoms. The van der Waals surface area contributed by atoms with E-state index in [9.17, 15) is 4.79 Å². The van der Waals surface area contributed by atoms with Crippen LogP contribution in [0.25, 0.3) is 0 Å². The number of H-pyrrole nitrogens is 1. The van der Waals surface area contributed by atoms with Crippen molar-refractivity contribution in [2.24, 2.45) is 0 Å². The zero-order valence-electron chi connectivity index (χ0n) is 5.91. The Morgan fingerprint density at radius 1 is 1.82 bits per heavy atom. The van der Waals surface area contributed by atoms with E-state index in [2.05, 4.69) is 14.9 Å². The summed E-state index contributed by atoms with van der Waals surface area (Å²) in [7, 11) is 0. The van der Waals surface area contributed by atoms with Gasteiger partial charge in [-0.1, -0.05) is 0 Å². The van der Waals surface area contributed by atoms with Gasteiger partial charge in [0, 0.05) is 18.2 Å². The average molecular weight is 155 g/mol. The quantitative estimate of drug-likeness (QED) is 0.462. The minimum absolute atomic E-state index is 0.341. The maximum Gasteiger partial charge on any atom is 0.293 e. The molecule has 3 N–H and O–H groups in total. The van der Waals surface area contributed by atoms with E-state index in [0.29, 0.717) is 25.3 Å². The summed E-state index contributed by atoms with van der Waals surface area (Å²) in [5.41, 5.74) is 6.30. The molecule has 0 bridgehead atoms. The average Bonchev–Trinajstić information content (AvgIpc) is 2.37. The largest absolute Gasteiger partial charge is 0.468 e. The number of anilines is 1. The molecule has 0 fully saturated rings. The normalized spacial score (nSPS) is 9.45. The molecule has 0 aromatic carbocycles. The Bertz CT molecular complexity index is 233. The van der Waals surface area contributed by atoms with Gasteiger partial charge in [-0.15, -0.1) is 0 Å². The lowest BCUT2D eigenvalue weighted by Crippen LogP contribution is -1.98. The van der Waals surface area contributed by atoms with E-state index < -0.39 is 0 Å². The van der Waals surface area contributed by atoms with E-state index >= 15 is 0 Å². The second-order valence-corrected chi connectivity index (χ2v) is 2.01. The van der Waals surface area contributed by atoms with Crippen molar-refractivity contribution in [3.8, 4) is 0 Å². The topological polar surface area (TPSA) is 81.0 Å². The Labute approximate surface area is 63.5 Å². The zero-order valence-corrected chi connectivity index (χ0v) is 5.91. The standard InChI is InChI=1S/C6H9N3O2/c7-6-5(3-8-9-6)1-2-11-4-10/h3-4H,1-2H2,(H3,7,8,9). The van der Waals surface area contributed by atoms with Crippen LogP contribution in [0.4, 0.5) is 5.82 Å². The third-order valence-corrected chi connectivity index (χ3v) is 1.31. The number of rotatable bonds is 4. The molecule has 0 saturated heterocycles. The van der Waals surface area contributed by atoms with Gasteiger partial charge in [-0.3, -0.25) is 9.89 Å². The number of nitrogens with two attached hydrogens (primary N) is 1. The first-order valence-corrected chi connectivity index (χ1v) is 3.18. The lowest BCUT2D eigenvalue weighted by atomic mass is 10.2. The first-order chi connectivity index (χ1) is 5.34. The van der Waals surface area contributed by atoms with Gasteiger partial charge in [0.2, 0.25) is 0 Å². The predicted molar refractivity (Wildman–Crippen MR) is 38.7 cm³/mol. The highest BCUT2D eigenvalue weighted by Gasteiger charge is 1.99. The summed E-state index contributed by atoms with van der Waals surface area (Å²) < 4.78 is 4.48. The number of hydrogen-bond donors (Lipinski definition) is 2. The molecule has 0 spiro atoms. The monoisotopic (exact) mass is 155 g/mol. The van der Waals surface area contributed by atoms with Gasteiger partial charge in [-0.05, 0) is 0 Å². The van der Waals surface area contributed by atoms with E-state index in [1.807, 2.05) is 0 Å². The molecule has 11 heavy (non-hydrogen) atoms. The van der Waals surface area contributed by atoms with Gasteiger partial charge in [-0.2, -0.15) is 5.10 Å². The highest BCUT2D eigenvalue weighted by atomic mass is 16.5. The van der Waals surface area contributed by atoms with Gasteiger partial charge in [0.05, 0.1) is 6.61 Å². The number of carbonyl (C=O) groups excluding carboxylic acids is 1. The maximum atomic E-state index is 9.74. The second-order valence-electron chi connectivity index (χ2n) is 2.01. The summed E-state index contributed by atoms with van der Waals surface area (Å²) in [6, 6.07) is 0. The van der Waals surface area contributed by atoms with Crippen LogP contribution >= 0.6 is 0 Å². The van der Waals surface area contributed by atoms with Crippen molar-refractivity contribution in [3.63, 3.8) is 0 Å². The third kappa shape index (κ3) is 1.96. The summed E-state index contributed by atoms with van der Waals surface area (Å²) in [4.78, 5) is 9.74. The number of carbonyl (C=O) groups is 1. The molecule has 0 radical (unpaired) electrons. The van der Waals surface area contributed by atoms with Crippen LogP contribution in [-0.2, 0) is 16.0 Å². The number of ether oxygens (including phenoxy) is 1. The number of aromatic nitrogens is 2. The van der Waals surface area contributed by atoms with Crippen molar-refractivity contribution in [2.45, 2.75) is 6.42 Å². The Morgan fingerprint density at radius 3 is 3.18 bits per heavy atom. The number of hydrogen-bond acceptors (Lipinski definition) is 4. The molecular weight excluding hydrogens is 146 g/mol. The first kappa shape index (κ1) is 7.59. The molecular formula is C6H9N3O2. The van der Waals surface area contributed by atoms with Crippen LogP contribution in [0.15, 0.2) is 6.20 Å². The molecule has 0 aliphatic carbocycles. The van der Waals surface area contributed by atoms with Crippen molar-refractivity contribution in [2.75, 3.05) is 12.3 Å². The number of nitrogen functional groups attached to an aromatic ring is 1. The molecule has 0 aliphatic heterocycles. The molecule has 1 rings (SSSR count). The molecule has 0 saturated carbocycles. The molecule has 0 atom stereocenters. The molecule has 0 amide bonds. The fourth-order valence-corrected chi connectivity index (χ4v) is 0.743. The van der Waals surface area contributed by atoms with E-state index in [1.54, 1.807) is 6.20 Å². The van der Waals surface area contributed by atoms with E-state index in [4.69, 9.17) is 5.73 Å². The zero-order chi connectivity index (χ0) is 8.10. The van der Waals surface area contributed by atoms with E-state index in [1.165, 1.54) is 0 Å². The van der Waals surface area contributed by atoms with Crippen molar-refractivity contribution in [3.05, 3.63) is 11.8 Å². The molecule has 1 aromatic heterocycles. The van der Waals surface area contributed by atoms with Gasteiger partial charge >= 0.3 is 0 Å². The molecule has 5 nitrogen and oxygen atoms in total. The predicted octanol–water partition coefficient (Wildman–Crippen LogP) is -0.293. The van der Waals surface area contributed by atoms with Gasteiger partial charge < -0.3 is 10.5 Å². The van der Waals surface area contributed by atoms with Crippen LogP contribution < -0.4 is 5.73 Å². The lowest BCUT2D eigenvalue weighted by Gasteiger charge is -1.95. The Morgan fingerprint density at radius 2 is 2.64 bits per heavy atom. The molecule has 0 aliphatic rings. The van der Waals surface area contributed by atoms with Crippen LogP contribution in [-0.4, -0.2) is 23.3 Å². The van der Waals surface area contributed by atoms with Crippen molar-refractivity contribution >= 4 is 12.3 Å². The minimum Gasteiger partial charge on any atom is -0.468 e. The molecule has 1 aromatic rings. The van der Waals surface area contributed by atoms with Crippen LogP contribution in [0.5, 0.6) is 0 Å². The fraction of sp³-hybridized carbons (Fsp3) is 0.333. The summed E-state index contributed by atoms with van der Waals surface area (Å²) in [5, 5.41) is 6.31. The van der Waals surface area contributed by atoms with Crippen molar-refractivity contribution in [1.82, 2.24) is 10.2 Å². The summed E-state index contributed by atoms with van der Waals surface area (Å²) >= 11 is 0. The lowest BCUT2D eigenvalue weighted by molar-refractivity contribution is -0.128. The highest BCUT2D eigenvalue weighted by Crippen LogP contribution is 2.05. The Balaban J connectivity index is 2.38. The second kappa shape index (κ2) is 3.60. The van der Waals surface area contributed by atoms with Gasteiger partial charge in [0.25, 0.3) is 6.47 Å². The van der Waals surface area contributed by atoms with Crippen LogP contribution in [0.1, 0.15) is 5.56 Å². The summed E-state index contributed by atoms with van der Waals surface area (Å²) in [6.45, 7) is 0.753. The van der Waals surface area contributed by atoms with E-state index in [-0.39, 0.29) is 0 Å². The Hall–Kier alpha value is -1.52. The smallest absolute Gasteiger partial charge is 0.293 e. The van der Waals surface area contributed by atoms with Crippen LogP contribution in [0.2, 0.25) is 0 Å². The van der Waals surface area contributed by atoms with Crippen LogP contribution in [0.3, 0.4) is 0 Å². The minimum atomic E-state index is 0.341. The molecule has 1 heterocycles. The molecule has 60 valence electrons. The number of nitrogens with zero attached hydrogens (tertiary/aromatic N) is 1. The third-order valence-electron chi connectivity index (χ3n) is 1.31. The van der Waals surface area contributed by atoms with Crippen LogP contribution in [0, 0.1) is 0 Å². The molecule has 0 unspecified atom stereocenters. The highest BCUT2D eigenvalue weighted by molar-refractivity contribution is 5.38. The number of aromatic amines is 1. The summed E-state index contributed by atoms with van der Waals surface area (Å²) in [6.07, 6.45) is 2.28. The van der Waals surface area contributed by atoms with Crippen molar-refractivity contribution in [1.29, 1.82) is 0 Å². The van der Waals surface area contributed by atoms with E-state index in [0.717, 1.165) is 5.56 Å². The SMILES string of the molecule is Nc1n[nH]cc1CCOC=O. The maximum absolute atomic E-state index is 9.74. The fourth-order valence-electron chi connectivity index (χ4n) is 0.743. The van der Waals surface area contributed by atoms with Gasteiger partial charge in [-0.25, -0.2) is 0 Å². The summed E-state index contributed by atoms with van der Waals surface area (Å²) in [5.74, 6) is 0.458. The number of nitrogens with one attached hydrogen (secondary N) is 1. The Kier molecular flexibility index (Phi) is 2.48. The van der Waals surface area contributed by atoms with Gasteiger partial charge in [0.15, 0.2) is 0 Å². The van der Waals surface area contributed by atoms with Crippen molar-refractivity contribution < 1.29 is 9.53 Å².